The van der Waals surface area contributed by atoms with Gasteiger partial charge in [0.1, 0.15) is 11.5 Å². The Balaban J connectivity index is 2.31. The highest BCUT2D eigenvalue weighted by atomic mass is 79.9. The number of alkyl halides is 1. The molecular formula is C15H14BrClO. The lowest BCUT2D eigenvalue weighted by atomic mass is 10.1. The van der Waals surface area contributed by atoms with Crippen molar-refractivity contribution in [2.24, 2.45) is 0 Å². The first-order valence-electron chi connectivity index (χ1n) is 5.69. The summed E-state index contributed by atoms with van der Waals surface area (Å²) < 4.78 is 5.87. The van der Waals surface area contributed by atoms with E-state index in [2.05, 4.69) is 22.0 Å². The molecule has 0 saturated heterocycles. The molecule has 0 aromatic heterocycles. The SMILES string of the molecule is Cc1ccc(C)c(Oc2ccc(CBr)cc2Cl)c1. The second kappa shape index (κ2) is 5.77. The molecule has 2 aromatic rings. The zero-order chi connectivity index (χ0) is 13.1. The van der Waals surface area contributed by atoms with E-state index in [0.717, 1.165) is 22.2 Å². The highest BCUT2D eigenvalue weighted by molar-refractivity contribution is 9.08. The van der Waals surface area contributed by atoms with Crippen LogP contribution in [0, 0.1) is 13.8 Å². The van der Waals surface area contributed by atoms with Crippen LogP contribution in [0.2, 0.25) is 5.02 Å². The average molecular weight is 326 g/mol. The van der Waals surface area contributed by atoms with Crippen LogP contribution < -0.4 is 4.74 Å². The molecule has 0 aliphatic heterocycles. The Morgan fingerprint density at radius 1 is 1.06 bits per heavy atom. The van der Waals surface area contributed by atoms with E-state index in [-0.39, 0.29) is 0 Å². The second-order valence-corrected chi connectivity index (χ2v) is 5.24. The van der Waals surface area contributed by atoms with Gasteiger partial charge in [-0.25, -0.2) is 0 Å². The number of ether oxygens (including phenoxy) is 1. The number of hydrogen-bond donors (Lipinski definition) is 0. The first-order valence-corrected chi connectivity index (χ1v) is 7.19. The molecule has 0 fully saturated rings. The van der Waals surface area contributed by atoms with Crippen molar-refractivity contribution in [3.63, 3.8) is 0 Å². The van der Waals surface area contributed by atoms with Crippen molar-refractivity contribution in [2.75, 3.05) is 0 Å². The van der Waals surface area contributed by atoms with Gasteiger partial charge in [-0.3, -0.25) is 0 Å². The number of aryl methyl sites for hydroxylation is 2. The molecule has 0 heterocycles. The Morgan fingerprint density at radius 3 is 2.50 bits per heavy atom. The molecule has 3 heteroatoms. The van der Waals surface area contributed by atoms with Crippen molar-refractivity contribution in [1.82, 2.24) is 0 Å². The smallest absolute Gasteiger partial charge is 0.146 e. The summed E-state index contributed by atoms with van der Waals surface area (Å²) in [4.78, 5) is 0. The summed E-state index contributed by atoms with van der Waals surface area (Å²) in [7, 11) is 0. The van der Waals surface area contributed by atoms with E-state index in [0.29, 0.717) is 10.8 Å². The van der Waals surface area contributed by atoms with Crippen LogP contribution in [0.15, 0.2) is 36.4 Å². The topological polar surface area (TPSA) is 9.23 Å². The van der Waals surface area contributed by atoms with Gasteiger partial charge >= 0.3 is 0 Å². The van der Waals surface area contributed by atoms with Crippen LogP contribution in [0.25, 0.3) is 0 Å². The Hall–Kier alpha value is -0.990. The van der Waals surface area contributed by atoms with Gasteiger partial charge in [-0.15, -0.1) is 0 Å². The van der Waals surface area contributed by atoms with Crippen LogP contribution in [-0.4, -0.2) is 0 Å². The van der Waals surface area contributed by atoms with Gasteiger partial charge in [-0.05, 0) is 48.7 Å². The number of hydrogen-bond acceptors (Lipinski definition) is 1. The predicted octanol–water partition coefficient (Wildman–Crippen LogP) is 5.64. The molecule has 18 heavy (non-hydrogen) atoms. The van der Waals surface area contributed by atoms with Gasteiger partial charge in [0.15, 0.2) is 0 Å². The minimum Gasteiger partial charge on any atom is -0.456 e. The van der Waals surface area contributed by atoms with Crippen molar-refractivity contribution < 1.29 is 4.74 Å². The fourth-order valence-electron chi connectivity index (χ4n) is 1.65. The summed E-state index contributed by atoms with van der Waals surface area (Å²) in [5.41, 5.74) is 3.40. The molecule has 0 saturated carbocycles. The molecule has 2 rings (SSSR count). The van der Waals surface area contributed by atoms with E-state index in [1.54, 1.807) is 0 Å². The first kappa shape index (κ1) is 13.4. The largest absolute Gasteiger partial charge is 0.456 e. The molecule has 0 bridgehead atoms. The molecule has 0 aliphatic carbocycles. The third-order valence-corrected chi connectivity index (χ3v) is 3.66. The fourth-order valence-corrected chi connectivity index (χ4v) is 2.24. The minimum absolute atomic E-state index is 0.632. The molecule has 0 atom stereocenters. The molecule has 1 nitrogen and oxygen atoms in total. The molecule has 2 aromatic carbocycles. The van der Waals surface area contributed by atoms with Crippen LogP contribution in [0.4, 0.5) is 0 Å². The average Bonchev–Trinajstić information content (AvgIpc) is 2.36. The third-order valence-electron chi connectivity index (χ3n) is 2.71. The van der Waals surface area contributed by atoms with Crippen LogP contribution in [0.1, 0.15) is 16.7 Å². The second-order valence-electron chi connectivity index (χ2n) is 4.27. The van der Waals surface area contributed by atoms with Gasteiger partial charge < -0.3 is 4.74 Å². The Morgan fingerprint density at radius 2 is 1.83 bits per heavy atom. The van der Waals surface area contributed by atoms with Crippen LogP contribution in [0.5, 0.6) is 11.5 Å². The maximum Gasteiger partial charge on any atom is 0.146 e. The van der Waals surface area contributed by atoms with Crippen molar-refractivity contribution in [1.29, 1.82) is 0 Å². The molecule has 0 unspecified atom stereocenters. The third kappa shape index (κ3) is 3.06. The zero-order valence-electron chi connectivity index (χ0n) is 10.3. The number of rotatable bonds is 3. The molecular weight excluding hydrogens is 312 g/mol. The summed E-state index contributed by atoms with van der Waals surface area (Å²) >= 11 is 9.61. The maximum absolute atomic E-state index is 6.20. The fraction of sp³-hybridized carbons (Fsp3) is 0.200. The van der Waals surface area contributed by atoms with Crippen molar-refractivity contribution in [2.45, 2.75) is 19.2 Å². The summed E-state index contributed by atoms with van der Waals surface area (Å²) in [6.07, 6.45) is 0. The van der Waals surface area contributed by atoms with E-state index in [1.807, 2.05) is 44.2 Å². The molecule has 0 amide bonds. The Kier molecular flexibility index (Phi) is 4.31. The van der Waals surface area contributed by atoms with Gasteiger partial charge in [0.25, 0.3) is 0 Å². The van der Waals surface area contributed by atoms with Gasteiger partial charge in [0, 0.05) is 5.33 Å². The Labute approximate surface area is 121 Å². The Bertz CT molecular complexity index is 566. The van der Waals surface area contributed by atoms with E-state index in [1.165, 1.54) is 5.56 Å². The van der Waals surface area contributed by atoms with Crippen LogP contribution in [-0.2, 0) is 5.33 Å². The van der Waals surface area contributed by atoms with E-state index in [9.17, 15) is 0 Å². The predicted molar refractivity (Wildman–Crippen MR) is 80.1 cm³/mol. The molecule has 0 aliphatic rings. The lowest BCUT2D eigenvalue weighted by Crippen LogP contribution is -1.90. The van der Waals surface area contributed by atoms with Gasteiger partial charge in [0.2, 0.25) is 0 Å². The molecule has 0 spiro atoms. The highest BCUT2D eigenvalue weighted by Gasteiger charge is 2.06. The maximum atomic E-state index is 6.20. The summed E-state index contributed by atoms with van der Waals surface area (Å²) in [6, 6.07) is 12.0. The lowest BCUT2D eigenvalue weighted by molar-refractivity contribution is 0.478. The van der Waals surface area contributed by atoms with E-state index >= 15 is 0 Å². The summed E-state index contributed by atoms with van der Waals surface area (Å²) in [6.45, 7) is 4.07. The van der Waals surface area contributed by atoms with Crippen LogP contribution in [0.3, 0.4) is 0 Å². The molecule has 0 N–H and O–H groups in total. The normalized spacial score (nSPS) is 10.4. The van der Waals surface area contributed by atoms with Crippen LogP contribution >= 0.6 is 27.5 Å². The number of benzene rings is 2. The van der Waals surface area contributed by atoms with Crippen molar-refractivity contribution >= 4 is 27.5 Å². The van der Waals surface area contributed by atoms with Gasteiger partial charge in [-0.1, -0.05) is 45.7 Å². The molecule has 94 valence electrons. The monoisotopic (exact) mass is 324 g/mol. The summed E-state index contributed by atoms with van der Waals surface area (Å²) in [5, 5.41) is 1.42. The first-order chi connectivity index (χ1) is 8.60. The lowest BCUT2D eigenvalue weighted by Gasteiger charge is -2.11. The highest BCUT2D eigenvalue weighted by Crippen LogP contribution is 2.32. The van der Waals surface area contributed by atoms with Gasteiger partial charge in [-0.2, -0.15) is 0 Å². The van der Waals surface area contributed by atoms with Crippen molar-refractivity contribution in [3.05, 3.63) is 58.1 Å². The quantitative estimate of drug-likeness (QED) is 0.663. The van der Waals surface area contributed by atoms with Gasteiger partial charge in [0.05, 0.1) is 5.02 Å². The van der Waals surface area contributed by atoms with E-state index in [4.69, 9.17) is 16.3 Å². The minimum atomic E-state index is 0.632. The standard InChI is InChI=1S/C15H14BrClO/c1-10-3-4-11(2)15(7-10)18-14-6-5-12(9-16)8-13(14)17/h3-8H,9H2,1-2H3. The zero-order valence-corrected chi connectivity index (χ0v) is 12.7. The van der Waals surface area contributed by atoms with E-state index < -0.39 is 0 Å². The number of halogens is 2. The molecule has 0 radical (unpaired) electrons. The van der Waals surface area contributed by atoms with Crippen molar-refractivity contribution in [3.8, 4) is 11.5 Å². The summed E-state index contributed by atoms with van der Waals surface area (Å²) in [5.74, 6) is 1.54.